The Bertz CT molecular complexity index is 691. The van der Waals surface area contributed by atoms with E-state index in [0.29, 0.717) is 12.0 Å². The van der Waals surface area contributed by atoms with E-state index in [4.69, 9.17) is 4.98 Å². The molecule has 1 N–H and O–H groups in total. The van der Waals surface area contributed by atoms with Gasteiger partial charge in [-0.25, -0.2) is 9.97 Å². The van der Waals surface area contributed by atoms with E-state index >= 15 is 0 Å². The first-order chi connectivity index (χ1) is 12.3. The van der Waals surface area contributed by atoms with Crippen LogP contribution in [-0.2, 0) is 6.42 Å². The number of nitrogens with zero attached hydrogens (tertiary/aromatic N) is 3. The zero-order valence-electron chi connectivity index (χ0n) is 14.5. The molecule has 4 nitrogen and oxygen atoms in total. The molecule has 0 unspecified atom stereocenters. The van der Waals surface area contributed by atoms with E-state index in [0.717, 1.165) is 42.2 Å². The van der Waals surface area contributed by atoms with Crippen LogP contribution in [-0.4, -0.2) is 40.5 Å². The van der Waals surface area contributed by atoms with Gasteiger partial charge >= 0.3 is 0 Å². The second-order valence-corrected chi connectivity index (χ2v) is 8.13. The quantitative estimate of drug-likeness (QED) is 0.787. The van der Waals surface area contributed by atoms with Crippen LogP contribution in [0.25, 0.3) is 0 Å². The van der Waals surface area contributed by atoms with E-state index in [1.807, 2.05) is 12.3 Å². The Hall–Kier alpha value is -1.46. The van der Waals surface area contributed by atoms with Crippen molar-refractivity contribution in [2.24, 2.45) is 0 Å². The number of aromatic nitrogens is 2. The molecule has 1 aliphatic heterocycles. The summed E-state index contributed by atoms with van der Waals surface area (Å²) in [6.07, 6.45) is 7.89. The number of likely N-dealkylation sites (tertiary alicyclic amines) is 1. The van der Waals surface area contributed by atoms with Crippen molar-refractivity contribution in [3.05, 3.63) is 52.4 Å². The molecule has 132 valence electrons. The van der Waals surface area contributed by atoms with E-state index in [9.17, 15) is 0 Å². The molecular formula is C20H25BrN4. The number of rotatable bonds is 6. The molecule has 25 heavy (non-hydrogen) atoms. The van der Waals surface area contributed by atoms with Gasteiger partial charge in [-0.1, -0.05) is 28.1 Å². The maximum Gasteiger partial charge on any atom is 0.133 e. The zero-order chi connectivity index (χ0) is 17.1. The van der Waals surface area contributed by atoms with Crippen LogP contribution in [0.5, 0.6) is 0 Å². The Balaban J connectivity index is 1.22. The summed E-state index contributed by atoms with van der Waals surface area (Å²) >= 11 is 3.50. The summed E-state index contributed by atoms with van der Waals surface area (Å²) in [7, 11) is 0. The lowest BCUT2D eigenvalue weighted by atomic mass is 10.0. The topological polar surface area (TPSA) is 41.0 Å². The van der Waals surface area contributed by atoms with Crippen molar-refractivity contribution in [1.29, 1.82) is 0 Å². The van der Waals surface area contributed by atoms with Crippen molar-refractivity contribution in [3.63, 3.8) is 0 Å². The monoisotopic (exact) mass is 400 g/mol. The molecule has 1 saturated carbocycles. The Labute approximate surface area is 158 Å². The molecule has 2 aliphatic rings. The van der Waals surface area contributed by atoms with Gasteiger partial charge in [0.2, 0.25) is 0 Å². The van der Waals surface area contributed by atoms with Gasteiger partial charge in [-0.15, -0.1) is 0 Å². The lowest BCUT2D eigenvalue weighted by Gasteiger charge is -2.32. The van der Waals surface area contributed by atoms with Crippen LogP contribution in [0.4, 0.5) is 5.82 Å². The summed E-state index contributed by atoms with van der Waals surface area (Å²) in [5, 5.41) is 3.62. The lowest BCUT2D eigenvalue weighted by Crippen LogP contribution is -2.40. The van der Waals surface area contributed by atoms with Crippen molar-refractivity contribution in [1.82, 2.24) is 14.9 Å². The first-order valence-electron chi connectivity index (χ1n) is 9.32. The normalized spacial score (nSPS) is 19.1. The van der Waals surface area contributed by atoms with E-state index < -0.39 is 0 Å². The second kappa shape index (κ2) is 7.83. The number of hydrogen-bond donors (Lipinski definition) is 1. The summed E-state index contributed by atoms with van der Waals surface area (Å²) < 4.78 is 1.15. The van der Waals surface area contributed by atoms with Crippen molar-refractivity contribution < 1.29 is 0 Å². The predicted octanol–water partition coefficient (Wildman–Crippen LogP) is 4.24. The van der Waals surface area contributed by atoms with Gasteiger partial charge in [0.05, 0.1) is 0 Å². The molecule has 0 radical (unpaired) electrons. The third-order valence-electron chi connectivity index (χ3n) is 5.19. The van der Waals surface area contributed by atoms with Crippen molar-refractivity contribution in [3.8, 4) is 0 Å². The molecule has 5 heteroatoms. The van der Waals surface area contributed by atoms with Crippen LogP contribution >= 0.6 is 15.9 Å². The summed E-state index contributed by atoms with van der Waals surface area (Å²) in [4.78, 5) is 11.7. The first kappa shape index (κ1) is 17.0. The fourth-order valence-corrected chi connectivity index (χ4v) is 3.71. The Morgan fingerprint density at radius 2 is 1.80 bits per heavy atom. The molecule has 0 spiro atoms. The molecule has 1 aliphatic carbocycles. The lowest BCUT2D eigenvalue weighted by molar-refractivity contribution is 0.221. The minimum Gasteiger partial charge on any atom is -0.367 e. The number of piperidine rings is 1. The van der Waals surface area contributed by atoms with Crippen LogP contribution in [0, 0.1) is 0 Å². The van der Waals surface area contributed by atoms with Gasteiger partial charge in [0, 0.05) is 42.3 Å². The molecule has 2 aromatic rings. The predicted molar refractivity (Wildman–Crippen MR) is 105 cm³/mol. The highest BCUT2D eigenvalue weighted by atomic mass is 79.9. The fourth-order valence-electron chi connectivity index (χ4n) is 3.44. The molecule has 1 aromatic heterocycles. The fraction of sp³-hybridized carbons (Fsp3) is 0.500. The van der Waals surface area contributed by atoms with Gasteiger partial charge in [-0.3, -0.25) is 0 Å². The van der Waals surface area contributed by atoms with Gasteiger partial charge in [-0.05, 0) is 55.9 Å². The van der Waals surface area contributed by atoms with Crippen LogP contribution in [0.3, 0.4) is 0 Å². The van der Waals surface area contributed by atoms with Gasteiger partial charge in [-0.2, -0.15) is 0 Å². The second-order valence-electron chi connectivity index (χ2n) is 7.21. The van der Waals surface area contributed by atoms with E-state index in [1.54, 1.807) is 0 Å². The molecule has 4 rings (SSSR count). The van der Waals surface area contributed by atoms with E-state index in [-0.39, 0.29) is 0 Å². The van der Waals surface area contributed by atoms with Gasteiger partial charge in [0.15, 0.2) is 0 Å². The number of hydrogen-bond acceptors (Lipinski definition) is 4. The minimum atomic E-state index is 0.533. The molecule has 2 fully saturated rings. The van der Waals surface area contributed by atoms with Crippen LogP contribution in [0.15, 0.2) is 41.0 Å². The SMILES string of the molecule is Brc1ccc(CCN2CCC(Nc3ccnc(C4CC4)n3)CC2)cc1. The summed E-state index contributed by atoms with van der Waals surface area (Å²) in [5.41, 5.74) is 1.41. The highest BCUT2D eigenvalue weighted by Gasteiger charge is 2.27. The third kappa shape index (κ3) is 4.79. The number of benzene rings is 1. The minimum absolute atomic E-state index is 0.533. The Morgan fingerprint density at radius 3 is 2.52 bits per heavy atom. The summed E-state index contributed by atoms with van der Waals surface area (Å²) in [5.74, 6) is 2.64. The van der Waals surface area contributed by atoms with E-state index in [1.165, 1.54) is 31.2 Å². The van der Waals surface area contributed by atoms with Crippen molar-refractivity contribution >= 4 is 21.7 Å². The molecule has 0 atom stereocenters. The number of halogens is 1. The molecule has 2 heterocycles. The molecular weight excluding hydrogens is 376 g/mol. The van der Waals surface area contributed by atoms with Crippen LogP contribution in [0.1, 0.15) is 43.0 Å². The maximum atomic E-state index is 4.69. The molecule has 1 aromatic carbocycles. The zero-order valence-corrected chi connectivity index (χ0v) is 16.1. The summed E-state index contributed by atoms with van der Waals surface area (Å²) in [6, 6.07) is 11.2. The third-order valence-corrected chi connectivity index (χ3v) is 5.71. The summed E-state index contributed by atoms with van der Waals surface area (Å²) in [6.45, 7) is 3.47. The highest BCUT2D eigenvalue weighted by molar-refractivity contribution is 9.10. The van der Waals surface area contributed by atoms with E-state index in [2.05, 4.69) is 55.4 Å². The number of nitrogens with one attached hydrogen (secondary N) is 1. The van der Waals surface area contributed by atoms with Crippen LogP contribution < -0.4 is 5.32 Å². The molecule has 0 amide bonds. The van der Waals surface area contributed by atoms with Gasteiger partial charge in [0.25, 0.3) is 0 Å². The average molecular weight is 401 g/mol. The van der Waals surface area contributed by atoms with Crippen molar-refractivity contribution in [2.75, 3.05) is 25.0 Å². The average Bonchev–Trinajstić information content (AvgIpc) is 3.48. The van der Waals surface area contributed by atoms with Crippen molar-refractivity contribution in [2.45, 2.75) is 44.1 Å². The first-order valence-corrected chi connectivity index (χ1v) is 10.1. The van der Waals surface area contributed by atoms with Gasteiger partial charge in [0.1, 0.15) is 11.6 Å². The smallest absolute Gasteiger partial charge is 0.133 e. The Kier molecular flexibility index (Phi) is 5.32. The van der Waals surface area contributed by atoms with Crippen LogP contribution in [0.2, 0.25) is 0 Å². The largest absolute Gasteiger partial charge is 0.367 e. The highest BCUT2D eigenvalue weighted by Crippen LogP contribution is 2.38. The maximum absolute atomic E-state index is 4.69. The standard InChI is InChI=1S/C20H25BrN4/c21-17-5-1-15(2-6-17)8-12-25-13-9-18(10-14-25)23-19-7-11-22-20(24-19)16-3-4-16/h1-2,5-7,11,16,18H,3-4,8-10,12-14H2,(H,22,23,24). The molecule has 1 saturated heterocycles. The Morgan fingerprint density at radius 1 is 1.04 bits per heavy atom. The van der Waals surface area contributed by atoms with Gasteiger partial charge < -0.3 is 10.2 Å². The molecule has 0 bridgehead atoms. The number of anilines is 1.